The van der Waals surface area contributed by atoms with Gasteiger partial charge in [0.2, 0.25) is 0 Å². The molecule has 3 rings (SSSR count). The van der Waals surface area contributed by atoms with Gasteiger partial charge in [0, 0.05) is 38.2 Å². The molecule has 0 saturated heterocycles. The number of hydrogen-bond acceptors (Lipinski definition) is 10. The molecule has 0 atom stereocenters. The van der Waals surface area contributed by atoms with Gasteiger partial charge in [-0.15, -0.1) is 0 Å². The van der Waals surface area contributed by atoms with Gasteiger partial charge in [-0.25, -0.2) is 16.8 Å². The number of alkyl halides is 6. The smallest absolute Gasteiger partial charge is 0.741 e. The fraction of sp³-hybridized carbons (Fsp3) is 0.250. The van der Waals surface area contributed by atoms with E-state index in [4.69, 9.17) is 25.9 Å². The molecule has 0 spiro atoms. The third-order valence-electron chi connectivity index (χ3n) is 3.90. The maximum Gasteiger partial charge on any atom is 3.00 e. The molecular weight excluding hydrogens is 626 g/mol. The Morgan fingerprint density at radius 3 is 0.974 bits per heavy atom. The summed E-state index contributed by atoms with van der Waals surface area (Å²) in [6.07, 6.45) is 5.49. The van der Waals surface area contributed by atoms with Crippen molar-refractivity contribution in [3.05, 3.63) is 90.3 Å². The van der Waals surface area contributed by atoms with E-state index in [1.807, 2.05) is 73.2 Å². The number of halogens is 6. The van der Waals surface area contributed by atoms with E-state index in [2.05, 4.69) is 19.9 Å². The maximum atomic E-state index is 10.7. The van der Waals surface area contributed by atoms with Crippen LogP contribution in [0, 0.1) is 0 Å². The molecule has 0 unspecified atom stereocenters. The van der Waals surface area contributed by atoms with Gasteiger partial charge in [0.1, 0.15) is 0 Å². The van der Waals surface area contributed by atoms with Gasteiger partial charge in [-0.1, -0.05) is 18.2 Å². The van der Waals surface area contributed by atoms with Crippen LogP contribution in [0.5, 0.6) is 0 Å². The molecule has 19 heteroatoms. The summed E-state index contributed by atoms with van der Waals surface area (Å²) < 4.78 is 118. The molecule has 0 aliphatic carbocycles. The zero-order valence-corrected chi connectivity index (χ0v) is 22.0. The second-order valence-corrected chi connectivity index (χ2v) is 9.65. The number of nitrogens with zero attached hydrogens (tertiary/aromatic N) is 4. The van der Waals surface area contributed by atoms with Gasteiger partial charge in [-0.05, 0) is 36.4 Å². The molecule has 0 aromatic carbocycles. The molecule has 0 fully saturated rings. The largest absolute Gasteiger partial charge is 3.00 e. The van der Waals surface area contributed by atoms with E-state index in [9.17, 15) is 26.3 Å². The Kier molecular flexibility index (Phi) is 14.7. The van der Waals surface area contributed by atoms with Crippen molar-refractivity contribution in [2.45, 2.75) is 30.7 Å². The zero-order valence-electron chi connectivity index (χ0n) is 19.2. The Hall–Kier alpha value is -2.67. The summed E-state index contributed by atoms with van der Waals surface area (Å²) in [6.45, 7) is 2.32. The number of aromatic nitrogens is 3. The summed E-state index contributed by atoms with van der Waals surface area (Å²) in [5.41, 5.74) is -8.14. The van der Waals surface area contributed by atoms with Crippen molar-refractivity contribution in [1.82, 2.24) is 19.9 Å². The first kappa shape index (κ1) is 36.3. The van der Waals surface area contributed by atoms with Crippen LogP contribution in [0.25, 0.3) is 0 Å². The van der Waals surface area contributed by atoms with Crippen molar-refractivity contribution in [3.8, 4) is 0 Å². The van der Waals surface area contributed by atoms with Crippen LogP contribution in [0.4, 0.5) is 26.3 Å². The first-order valence-electron chi connectivity index (χ1n) is 9.86. The molecule has 0 aliphatic heterocycles. The van der Waals surface area contributed by atoms with E-state index in [-0.39, 0.29) is 17.1 Å². The molecule has 0 aliphatic rings. The molecule has 39 heavy (non-hydrogen) atoms. The monoisotopic (exact) mass is 644 g/mol. The van der Waals surface area contributed by atoms with Crippen molar-refractivity contribution < 1.29 is 69.4 Å². The predicted octanol–water partition coefficient (Wildman–Crippen LogP) is 3.17. The maximum absolute atomic E-state index is 10.7. The third-order valence-corrected chi connectivity index (χ3v) is 5.04. The van der Waals surface area contributed by atoms with Crippen LogP contribution in [-0.2, 0) is 56.9 Å². The van der Waals surface area contributed by atoms with E-state index < -0.39 is 31.3 Å². The fourth-order valence-corrected chi connectivity index (χ4v) is 2.33. The van der Waals surface area contributed by atoms with Gasteiger partial charge in [-0.2, -0.15) is 26.3 Å². The summed E-state index contributed by atoms with van der Waals surface area (Å²) in [5, 5.41) is 0. The number of hydrogen-bond donors (Lipinski definition) is 0. The first-order valence-corrected chi connectivity index (χ1v) is 12.7. The fourth-order valence-electron chi connectivity index (χ4n) is 2.33. The Morgan fingerprint density at radius 2 is 0.821 bits per heavy atom. The molecule has 1 radical (unpaired) electrons. The van der Waals surface area contributed by atoms with Gasteiger partial charge in [-0.3, -0.25) is 19.9 Å². The number of pyridine rings is 3. The Bertz CT molecular complexity index is 1180. The van der Waals surface area contributed by atoms with Crippen LogP contribution >= 0.6 is 0 Å². The van der Waals surface area contributed by atoms with Crippen molar-refractivity contribution in [3.63, 3.8) is 0 Å². The Morgan fingerprint density at radius 1 is 0.590 bits per heavy atom. The molecule has 0 bridgehead atoms. The summed E-state index contributed by atoms with van der Waals surface area (Å²) in [7, 11) is -12.2. The van der Waals surface area contributed by atoms with Crippen LogP contribution in [0.1, 0.15) is 17.1 Å². The molecule has 215 valence electrons. The minimum atomic E-state index is -6.09. The van der Waals surface area contributed by atoms with Crippen LogP contribution in [0.2, 0.25) is 0 Å². The van der Waals surface area contributed by atoms with Crippen LogP contribution in [-0.4, -0.2) is 56.8 Å². The van der Waals surface area contributed by atoms with Gasteiger partial charge < -0.3 is 9.11 Å². The quantitative estimate of drug-likeness (QED) is 0.169. The molecule has 3 aromatic rings. The second kappa shape index (κ2) is 15.8. The Balaban J connectivity index is 0.000000708. The molecule has 0 amide bonds. The van der Waals surface area contributed by atoms with E-state index in [0.717, 1.165) is 36.7 Å². The van der Waals surface area contributed by atoms with Gasteiger partial charge in [0.25, 0.3) is 0 Å². The predicted molar refractivity (Wildman–Crippen MR) is 117 cm³/mol. The van der Waals surface area contributed by atoms with E-state index in [1.165, 1.54) is 0 Å². The Labute approximate surface area is 230 Å². The summed E-state index contributed by atoms with van der Waals surface area (Å²) in [6, 6.07) is 18.0. The van der Waals surface area contributed by atoms with Crippen molar-refractivity contribution in [1.29, 1.82) is 0 Å². The topological polar surface area (TPSA) is 156 Å². The molecule has 0 N–H and O–H groups in total. The molecular formula is C20H18F6FeN4O6S2+. The first-order chi connectivity index (χ1) is 17.4. The third kappa shape index (κ3) is 14.9. The molecule has 10 nitrogen and oxygen atoms in total. The van der Waals surface area contributed by atoms with E-state index in [0.29, 0.717) is 0 Å². The molecule has 0 saturated carbocycles. The van der Waals surface area contributed by atoms with Gasteiger partial charge in [0.15, 0.2) is 20.2 Å². The van der Waals surface area contributed by atoms with Crippen LogP contribution < -0.4 is 0 Å². The van der Waals surface area contributed by atoms with Crippen molar-refractivity contribution in [2.24, 2.45) is 0 Å². The summed E-state index contributed by atoms with van der Waals surface area (Å²) in [4.78, 5) is 15.6. The van der Waals surface area contributed by atoms with Crippen molar-refractivity contribution in [2.75, 3.05) is 0 Å². The average Bonchev–Trinajstić information content (AvgIpc) is 2.79. The normalized spacial score (nSPS) is 11.8. The SMILES string of the molecule is O=S(=O)([O-])C(F)(F)F.O=S(=O)([O-])C(F)(F)F.[Fe+3].c1ccc(CN(Cc2ccccn2)Cc2ccccn2)nc1. The van der Waals surface area contributed by atoms with Gasteiger partial charge >= 0.3 is 28.1 Å². The van der Waals surface area contributed by atoms with Crippen LogP contribution in [0.15, 0.2) is 73.2 Å². The molecule has 3 aromatic heterocycles. The van der Waals surface area contributed by atoms with Crippen LogP contribution in [0.3, 0.4) is 0 Å². The van der Waals surface area contributed by atoms with E-state index >= 15 is 0 Å². The minimum absolute atomic E-state index is 0. The standard InChI is InChI=1S/C18H18N4.2CHF3O3S.Fe/c1-4-10-19-16(7-1)13-22(14-17-8-2-5-11-20-17)15-18-9-3-6-12-21-18;2*2-1(3,4)8(5,6)7;/h1-12H,13-15H2;2*(H,5,6,7);/q;;;+3/p-2. The number of rotatable bonds is 6. The second-order valence-electron chi connectivity index (χ2n) is 6.91. The molecule has 3 heterocycles. The van der Waals surface area contributed by atoms with E-state index in [1.54, 1.807) is 0 Å². The van der Waals surface area contributed by atoms with Gasteiger partial charge in [0.05, 0.1) is 17.1 Å². The van der Waals surface area contributed by atoms with Crippen molar-refractivity contribution >= 4 is 20.2 Å². The summed E-state index contributed by atoms with van der Waals surface area (Å²) in [5.74, 6) is 0. The minimum Gasteiger partial charge on any atom is -0.741 e. The summed E-state index contributed by atoms with van der Waals surface area (Å²) >= 11 is 0. The average molecular weight is 644 g/mol. The zero-order chi connectivity index (χ0) is 29.0.